The van der Waals surface area contributed by atoms with Gasteiger partial charge in [-0.05, 0) is 43.5 Å². The van der Waals surface area contributed by atoms with E-state index in [0.717, 1.165) is 0 Å². The molecule has 1 atom stereocenters. The summed E-state index contributed by atoms with van der Waals surface area (Å²) in [4.78, 5) is 0. The third-order valence-electron chi connectivity index (χ3n) is 3.65. The van der Waals surface area contributed by atoms with Gasteiger partial charge in [0, 0.05) is 0 Å². The summed E-state index contributed by atoms with van der Waals surface area (Å²) in [6.45, 7) is 13.8. The lowest BCUT2D eigenvalue weighted by Crippen LogP contribution is -2.43. The van der Waals surface area contributed by atoms with Crippen LogP contribution >= 0.6 is 0 Å². The minimum atomic E-state index is -1.55. The van der Waals surface area contributed by atoms with Crippen LogP contribution in [0.4, 0.5) is 0 Å². The molecule has 1 rings (SSSR count). The van der Waals surface area contributed by atoms with Crippen molar-refractivity contribution >= 4 is 8.32 Å². The van der Waals surface area contributed by atoms with Crippen molar-refractivity contribution in [2.75, 3.05) is 0 Å². The molecule has 1 nitrogen and oxygen atoms in total. The van der Waals surface area contributed by atoms with Crippen molar-refractivity contribution in [1.82, 2.24) is 0 Å². The zero-order valence-corrected chi connectivity index (χ0v) is 11.5. The van der Waals surface area contributed by atoms with Crippen molar-refractivity contribution in [2.45, 2.75) is 64.8 Å². The Balaban J connectivity index is 2.64. The van der Waals surface area contributed by atoms with E-state index in [4.69, 9.17) is 4.43 Å². The van der Waals surface area contributed by atoms with Crippen LogP contribution in [0.3, 0.4) is 0 Å². The molecule has 2 heteroatoms. The van der Waals surface area contributed by atoms with Crippen LogP contribution < -0.4 is 0 Å². The number of hydrogen-bond donors (Lipinski definition) is 0. The second kappa shape index (κ2) is 3.82. The molecule has 0 N–H and O–H groups in total. The van der Waals surface area contributed by atoms with Gasteiger partial charge in [0.1, 0.15) is 0 Å². The van der Waals surface area contributed by atoms with Gasteiger partial charge in [0.15, 0.2) is 8.32 Å². The molecule has 0 heterocycles. The summed E-state index contributed by atoms with van der Waals surface area (Å²) in [5.41, 5.74) is 1.44. The lowest BCUT2D eigenvalue weighted by Gasteiger charge is -2.38. The van der Waals surface area contributed by atoms with Gasteiger partial charge >= 0.3 is 0 Å². The highest BCUT2D eigenvalue weighted by Crippen LogP contribution is 2.39. The summed E-state index contributed by atoms with van der Waals surface area (Å²) in [6.07, 6.45) is 5.12. The third kappa shape index (κ3) is 2.48. The maximum atomic E-state index is 6.35. The fourth-order valence-corrected chi connectivity index (χ4v) is 2.87. The molecule has 0 radical (unpaired) electrons. The molecule has 0 bridgehead atoms. The second-order valence-electron chi connectivity index (χ2n) is 5.89. The van der Waals surface area contributed by atoms with Gasteiger partial charge in [0.2, 0.25) is 0 Å². The predicted molar refractivity (Wildman–Crippen MR) is 65.1 cm³/mol. The highest BCUT2D eigenvalue weighted by molar-refractivity contribution is 6.74. The molecule has 1 aliphatic carbocycles. The van der Waals surface area contributed by atoms with E-state index < -0.39 is 8.32 Å². The molecule has 0 aromatic heterocycles. The van der Waals surface area contributed by atoms with Crippen molar-refractivity contribution in [1.29, 1.82) is 0 Å². The second-order valence-corrected chi connectivity index (χ2v) is 10.6. The molecule has 0 aromatic rings. The largest absolute Gasteiger partial charge is 0.410 e. The van der Waals surface area contributed by atoms with Gasteiger partial charge in [0.25, 0.3) is 0 Å². The zero-order chi connectivity index (χ0) is 11.0. The van der Waals surface area contributed by atoms with E-state index in [0.29, 0.717) is 11.1 Å². The molecule has 0 fully saturated rings. The Morgan fingerprint density at radius 3 is 2.29 bits per heavy atom. The van der Waals surface area contributed by atoms with Crippen LogP contribution in [-0.2, 0) is 4.43 Å². The highest BCUT2D eigenvalue weighted by atomic mass is 28.4. The van der Waals surface area contributed by atoms with Gasteiger partial charge < -0.3 is 4.43 Å². The van der Waals surface area contributed by atoms with Gasteiger partial charge in [0.05, 0.1) is 6.10 Å². The van der Waals surface area contributed by atoms with E-state index in [1.165, 1.54) is 18.4 Å². The van der Waals surface area contributed by atoms with Crippen LogP contribution in [-0.4, -0.2) is 14.4 Å². The quantitative estimate of drug-likeness (QED) is 0.494. The van der Waals surface area contributed by atoms with Crippen LogP contribution in [0.25, 0.3) is 0 Å². The molecule has 14 heavy (non-hydrogen) atoms. The summed E-state index contributed by atoms with van der Waals surface area (Å²) in [5.74, 6) is 0. The molecule has 0 spiro atoms. The lowest BCUT2D eigenvalue weighted by molar-refractivity contribution is 0.214. The molecule has 0 saturated heterocycles. The van der Waals surface area contributed by atoms with Crippen molar-refractivity contribution in [2.24, 2.45) is 0 Å². The molecule has 0 aliphatic heterocycles. The molecule has 82 valence electrons. The first kappa shape index (κ1) is 12.0. The van der Waals surface area contributed by atoms with Gasteiger partial charge in [-0.3, -0.25) is 0 Å². The van der Waals surface area contributed by atoms with E-state index >= 15 is 0 Å². The minimum Gasteiger partial charge on any atom is -0.410 e. The van der Waals surface area contributed by atoms with Crippen LogP contribution in [0.1, 0.15) is 40.5 Å². The molecule has 0 unspecified atom stereocenters. The van der Waals surface area contributed by atoms with E-state index in [2.05, 4.69) is 46.9 Å². The Labute approximate surface area is 89.7 Å². The molecule has 1 aliphatic rings. The van der Waals surface area contributed by atoms with Crippen molar-refractivity contribution < 1.29 is 4.43 Å². The number of hydrogen-bond acceptors (Lipinski definition) is 1. The van der Waals surface area contributed by atoms with Crippen LogP contribution in [0.5, 0.6) is 0 Å². The van der Waals surface area contributed by atoms with Gasteiger partial charge in [-0.2, -0.15) is 0 Å². The third-order valence-corrected chi connectivity index (χ3v) is 8.13. The average Bonchev–Trinajstić information content (AvgIpc) is 2.33. The molecular weight excluding hydrogens is 188 g/mol. The molecule has 0 aromatic carbocycles. The first-order valence-corrected chi connectivity index (χ1v) is 8.49. The Bertz CT molecular complexity index is 235. The van der Waals surface area contributed by atoms with Crippen molar-refractivity contribution in [3.05, 3.63) is 11.6 Å². The van der Waals surface area contributed by atoms with Crippen LogP contribution in [0.2, 0.25) is 18.1 Å². The number of rotatable bonds is 2. The van der Waals surface area contributed by atoms with E-state index in [9.17, 15) is 0 Å². The lowest BCUT2D eigenvalue weighted by atomic mass is 10.2. The van der Waals surface area contributed by atoms with Crippen molar-refractivity contribution in [3.63, 3.8) is 0 Å². The van der Waals surface area contributed by atoms with Crippen LogP contribution in [0.15, 0.2) is 11.6 Å². The maximum absolute atomic E-state index is 6.35. The Morgan fingerprint density at radius 1 is 1.36 bits per heavy atom. The SMILES string of the molecule is CC1=CCC[C@@H]1O[Si](C)(C)C(C)(C)C. The van der Waals surface area contributed by atoms with Crippen LogP contribution in [0, 0.1) is 0 Å². The van der Waals surface area contributed by atoms with E-state index in [-0.39, 0.29) is 0 Å². The smallest absolute Gasteiger partial charge is 0.192 e. The summed E-state index contributed by atoms with van der Waals surface area (Å²) in [5, 5.41) is 0.329. The summed E-state index contributed by atoms with van der Waals surface area (Å²) in [6, 6.07) is 0. The molecule has 0 saturated carbocycles. The average molecular weight is 212 g/mol. The normalized spacial score (nSPS) is 23.9. The minimum absolute atomic E-state index is 0.329. The van der Waals surface area contributed by atoms with Crippen molar-refractivity contribution in [3.8, 4) is 0 Å². The summed E-state index contributed by atoms with van der Waals surface area (Å²) < 4.78 is 6.35. The Morgan fingerprint density at radius 2 is 1.93 bits per heavy atom. The van der Waals surface area contributed by atoms with E-state index in [1.807, 2.05) is 0 Å². The highest BCUT2D eigenvalue weighted by Gasteiger charge is 2.39. The first-order valence-electron chi connectivity index (χ1n) is 5.58. The summed E-state index contributed by atoms with van der Waals surface area (Å²) >= 11 is 0. The number of allylic oxidation sites excluding steroid dienone is 1. The fourth-order valence-electron chi connectivity index (χ4n) is 1.51. The molecule has 0 amide bonds. The zero-order valence-electron chi connectivity index (χ0n) is 10.5. The first-order chi connectivity index (χ1) is 6.24. The summed E-state index contributed by atoms with van der Waals surface area (Å²) in [7, 11) is -1.55. The molecular formula is C12H24OSi. The predicted octanol–water partition coefficient (Wildman–Crippen LogP) is 4.12. The standard InChI is InChI=1S/C12H24OSi/c1-10-8-7-9-11(10)13-14(5,6)12(2,3)4/h8,11H,7,9H2,1-6H3/t11-/m0/s1. The van der Waals surface area contributed by atoms with Gasteiger partial charge in [-0.25, -0.2) is 0 Å². The van der Waals surface area contributed by atoms with E-state index in [1.54, 1.807) is 0 Å². The van der Waals surface area contributed by atoms with Gasteiger partial charge in [-0.1, -0.05) is 26.8 Å². The fraction of sp³-hybridized carbons (Fsp3) is 0.833. The Hall–Kier alpha value is -0.0831. The maximum Gasteiger partial charge on any atom is 0.192 e. The monoisotopic (exact) mass is 212 g/mol. The Kier molecular flexibility index (Phi) is 3.27. The topological polar surface area (TPSA) is 9.23 Å². The van der Waals surface area contributed by atoms with Gasteiger partial charge in [-0.15, -0.1) is 0 Å².